The lowest BCUT2D eigenvalue weighted by atomic mass is 10.1. The average molecular weight is 436 g/mol. The molecule has 1 N–H and O–H groups in total. The van der Waals surface area contributed by atoms with Gasteiger partial charge in [0.05, 0.1) is 9.82 Å². The van der Waals surface area contributed by atoms with Crippen LogP contribution < -0.4 is 4.74 Å². The topological polar surface area (TPSA) is 127 Å². The van der Waals surface area contributed by atoms with Gasteiger partial charge in [0.1, 0.15) is 17.4 Å². The molecule has 0 saturated carbocycles. The summed E-state index contributed by atoms with van der Waals surface area (Å²) >= 11 is 0. The van der Waals surface area contributed by atoms with Crippen molar-refractivity contribution < 1.29 is 28.0 Å². The summed E-state index contributed by atoms with van der Waals surface area (Å²) in [4.78, 5) is 21.7. The Kier molecular flexibility index (Phi) is 6.84. The fourth-order valence-electron chi connectivity index (χ4n) is 2.72. The number of carboxylic acids is 1. The zero-order valence-electron chi connectivity index (χ0n) is 17.1. The molecule has 0 aromatic heterocycles. The molecule has 1 atom stereocenters. The molecule has 162 valence electrons. The van der Waals surface area contributed by atoms with Crippen LogP contribution in [0.3, 0.4) is 0 Å². The summed E-state index contributed by atoms with van der Waals surface area (Å²) in [6.45, 7) is 5.71. The molecule has 2 aromatic rings. The van der Waals surface area contributed by atoms with Crippen LogP contribution in [0.2, 0.25) is 0 Å². The number of likely N-dealkylation sites (N-methyl/N-ethyl adjacent to an activating group) is 1. The first kappa shape index (κ1) is 23.3. The first-order valence-corrected chi connectivity index (χ1v) is 10.5. The van der Waals surface area contributed by atoms with Crippen LogP contribution in [-0.4, -0.2) is 47.4 Å². The van der Waals surface area contributed by atoms with Gasteiger partial charge in [-0.2, -0.15) is 4.31 Å². The summed E-state index contributed by atoms with van der Waals surface area (Å²) < 4.78 is 32.2. The molecular formula is C20H24N2O7S. The van der Waals surface area contributed by atoms with E-state index in [4.69, 9.17) is 4.74 Å². The van der Waals surface area contributed by atoms with Crippen LogP contribution in [0.25, 0.3) is 0 Å². The van der Waals surface area contributed by atoms with Crippen LogP contribution >= 0.6 is 0 Å². The molecule has 0 bridgehead atoms. The van der Waals surface area contributed by atoms with Crippen LogP contribution in [0.4, 0.5) is 5.69 Å². The van der Waals surface area contributed by atoms with Crippen molar-refractivity contribution in [3.05, 3.63) is 64.2 Å². The summed E-state index contributed by atoms with van der Waals surface area (Å²) in [5, 5.41) is 20.4. The maximum atomic E-state index is 12.8. The molecule has 0 heterocycles. The minimum Gasteiger partial charge on any atom is -0.488 e. The third kappa shape index (κ3) is 5.77. The van der Waals surface area contributed by atoms with Gasteiger partial charge in [0.15, 0.2) is 0 Å². The SMILES string of the molecule is CN([C@@H](Cc1ccc(OC(C)(C)C)cc1)C(=O)O)S(=O)(=O)c1ccc([N+](=O)[O-])cc1. The highest BCUT2D eigenvalue weighted by Crippen LogP contribution is 2.23. The normalized spacial score (nSPS) is 13.1. The van der Waals surface area contributed by atoms with Crippen molar-refractivity contribution in [2.75, 3.05) is 7.05 Å². The molecule has 0 aliphatic rings. The number of carboxylic acid groups (broad SMARTS) is 1. The number of non-ortho nitro benzene ring substituents is 1. The lowest BCUT2D eigenvalue weighted by Crippen LogP contribution is -2.43. The molecule has 0 aliphatic heterocycles. The third-order valence-corrected chi connectivity index (χ3v) is 6.11. The number of benzene rings is 2. The number of nitro groups is 1. The Labute approximate surface area is 175 Å². The van der Waals surface area contributed by atoms with E-state index in [0.29, 0.717) is 11.3 Å². The predicted octanol–water partition coefficient (Wildman–Crippen LogP) is 3.09. The van der Waals surface area contributed by atoms with Crippen LogP contribution in [0.1, 0.15) is 26.3 Å². The van der Waals surface area contributed by atoms with Gasteiger partial charge in [-0.3, -0.25) is 14.9 Å². The van der Waals surface area contributed by atoms with Gasteiger partial charge in [0, 0.05) is 19.2 Å². The number of ether oxygens (including phenoxy) is 1. The van der Waals surface area contributed by atoms with Crippen LogP contribution in [0.15, 0.2) is 53.4 Å². The number of nitro benzene ring substituents is 1. The molecule has 2 rings (SSSR count). The molecule has 0 unspecified atom stereocenters. The molecular weight excluding hydrogens is 412 g/mol. The standard InChI is InChI=1S/C20H24N2O7S/c1-20(2,3)29-16-9-5-14(6-10-16)13-18(19(23)24)21(4)30(27,28)17-11-7-15(8-12-17)22(25)26/h5-12,18H,13H2,1-4H3,(H,23,24)/t18-/m0/s1. The number of rotatable bonds is 8. The van der Waals surface area contributed by atoms with E-state index < -0.39 is 27.0 Å². The Morgan fingerprint density at radius 1 is 1.13 bits per heavy atom. The lowest BCUT2D eigenvalue weighted by Gasteiger charge is -2.25. The summed E-state index contributed by atoms with van der Waals surface area (Å²) in [6.07, 6.45) is -0.0617. The second-order valence-electron chi connectivity index (χ2n) is 7.69. The molecule has 2 aromatic carbocycles. The van der Waals surface area contributed by atoms with Gasteiger partial charge in [-0.25, -0.2) is 8.42 Å². The van der Waals surface area contributed by atoms with E-state index in [1.54, 1.807) is 24.3 Å². The van der Waals surface area contributed by atoms with Gasteiger partial charge in [0.2, 0.25) is 10.0 Å². The van der Waals surface area contributed by atoms with Gasteiger partial charge in [-0.05, 0) is 57.0 Å². The van der Waals surface area contributed by atoms with E-state index in [1.807, 2.05) is 20.8 Å². The first-order valence-electron chi connectivity index (χ1n) is 9.04. The van der Waals surface area contributed by atoms with Crippen molar-refractivity contribution in [2.45, 2.75) is 43.7 Å². The van der Waals surface area contributed by atoms with Gasteiger partial charge >= 0.3 is 5.97 Å². The molecule has 0 radical (unpaired) electrons. The lowest BCUT2D eigenvalue weighted by molar-refractivity contribution is -0.384. The second-order valence-corrected chi connectivity index (χ2v) is 9.69. The van der Waals surface area contributed by atoms with E-state index in [-0.39, 0.29) is 22.6 Å². The molecule has 30 heavy (non-hydrogen) atoms. The third-order valence-electron chi connectivity index (χ3n) is 4.22. The molecule has 0 fully saturated rings. The monoisotopic (exact) mass is 436 g/mol. The fourth-order valence-corrected chi connectivity index (χ4v) is 4.03. The van der Waals surface area contributed by atoms with Crippen LogP contribution in [-0.2, 0) is 21.2 Å². The highest BCUT2D eigenvalue weighted by molar-refractivity contribution is 7.89. The Morgan fingerprint density at radius 3 is 2.10 bits per heavy atom. The number of hydrogen-bond acceptors (Lipinski definition) is 6. The Balaban J connectivity index is 2.24. The smallest absolute Gasteiger partial charge is 0.322 e. The minimum atomic E-state index is -4.17. The van der Waals surface area contributed by atoms with E-state index >= 15 is 0 Å². The Bertz CT molecular complexity index is 1010. The van der Waals surface area contributed by atoms with Crippen molar-refractivity contribution in [2.24, 2.45) is 0 Å². The summed E-state index contributed by atoms with van der Waals surface area (Å²) in [6, 6.07) is 9.69. The molecule has 10 heteroatoms. The maximum absolute atomic E-state index is 12.8. The van der Waals surface area contributed by atoms with E-state index in [9.17, 15) is 28.4 Å². The zero-order chi connectivity index (χ0) is 22.7. The fraction of sp³-hybridized carbons (Fsp3) is 0.350. The summed E-state index contributed by atoms with van der Waals surface area (Å²) in [5.41, 5.74) is -0.0252. The minimum absolute atomic E-state index is 0.0617. The summed E-state index contributed by atoms with van der Waals surface area (Å²) in [5.74, 6) is -0.692. The first-order chi connectivity index (χ1) is 13.8. The number of carbonyl (C=O) groups is 1. The van der Waals surface area contributed by atoms with Crippen molar-refractivity contribution >= 4 is 21.7 Å². The largest absolute Gasteiger partial charge is 0.488 e. The van der Waals surface area contributed by atoms with E-state index in [0.717, 1.165) is 28.6 Å². The van der Waals surface area contributed by atoms with Crippen molar-refractivity contribution in [3.8, 4) is 5.75 Å². The number of nitrogens with zero attached hydrogens (tertiary/aromatic N) is 2. The highest BCUT2D eigenvalue weighted by Gasteiger charge is 2.33. The van der Waals surface area contributed by atoms with E-state index in [1.165, 1.54) is 7.05 Å². The number of hydrogen-bond donors (Lipinski definition) is 1. The molecule has 0 spiro atoms. The average Bonchev–Trinajstić information content (AvgIpc) is 2.65. The van der Waals surface area contributed by atoms with Crippen molar-refractivity contribution in [1.82, 2.24) is 4.31 Å². The number of aliphatic carboxylic acids is 1. The number of sulfonamides is 1. The quantitative estimate of drug-likeness (QED) is 0.497. The zero-order valence-corrected chi connectivity index (χ0v) is 17.9. The molecule has 9 nitrogen and oxygen atoms in total. The Morgan fingerprint density at radius 2 is 1.67 bits per heavy atom. The molecule has 0 amide bonds. The predicted molar refractivity (Wildman–Crippen MR) is 110 cm³/mol. The highest BCUT2D eigenvalue weighted by atomic mass is 32.2. The van der Waals surface area contributed by atoms with Crippen molar-refractivity contribution in [1.29, 1.82) is 0 Å². The van der Waals surface area contributed by atoms with Gasteiger partial charge < -0.3 is 9.84 Å². The maximum Gasteiger partial charge on any atom is 0.322 e. The van der Waals surface area contributed by atoms with Crippen LogP contribution in [0, 0.1) is 10.1 Å². The van der Waals surface area contributed by atoms with E-state index in [2.05, 4.69) is 0 Å². The van der Waals surface area contributed by atoms with Crippen molar-refractivity contribution in [3.63, 3.8) is 0 Å². The van der Waals surface area contributed by atoms with Gasteiger partial charge in [-0.15, -0.1) is 0 Å². The van der Waals surface area contributed by atoms with Gasteiger partial charge in [0.25, 0.3) is 5.69 Å². The Hall–Kier alpha value is -2.98. The molecule has 0 saturated heterocycles. The molecule has 0 aliphatic carbocycles. The van der Waals surface area contributed by atoms with Crippen LogP contribution in [0.5, 0.6) is 5.75 Å². The second kappa shape index (κ2) is 8.80. The summed E-state index contributed by atoms with van der Waals surface area (Å²) in [7, 11) is -3.00. The van der Waals surface area contributed by atoms with Gasteiger partial charge in [-0.1, -0.05) is 12.1 Å².